The fourth-order valence-electron chi connectivity index (χ4n) is 4.19. The van der Waals surface area contributed by atoms with Crippen LogP contribution in [0.1, 0.15) is 12.7 Å². The van der Waals surface area contributed by atoms with Crippen molar-refractivity contribution >= 4 is 35.3 Å². The van der Waals surface area contributed by atoms with Gasteiger partial charge < -0.3 is 24.3 Å². The van der Waals surface area contributed by atoms with Crippen molar-refractivity contribution in [1.82, 2.24) is 14.9 Å². The third kappa shape index (κ3) is 5.70. The Kier molecular flexibility index (Phi) is 7.33. The highest BCUT2D eigenvalue weighted by molar-refractivity contribution is 5.90. The molecule has 1 aromatic heterocycles. The minimum absolute atomic E-state index is 0.000743. The molecule has 13 heteroatoms. The molecule has 0 saturated carbocycles. The van der Waals surface area contributed by atoms with Gasteiger partial charge in [-0.1, -0.05) is 6.08 Å². The summed E-state index contributed by atoms with van der Waals surface area (Å²) < 4.78 is 24.5. The maximum absolute atomic E-state index is 15.0. The van der Waals surface area contributed by atoms with E-state index >= 15 is 4.39 Å². The van der Waals surface area contributed by atoms with Crippen LogP contribution in [0.4, 0.5) is 26.4 Å². The number of ether oxygens (including phenoxy) is 1. The molecule has 2 aliphatic rings. The average Bonchev–Trinajstić information content (AvgIpc) is 3.46. The fourth-order valence-corrected chi connectivity index (χ4v) is 4.19. The number of rotatable bonds is 8. The molecule has 0 aliphatic carbocycles. The zero-order valence-electron chi connectivity index (χ0n) is 19.6. The summed E-state index contributed by atoms with van der Waals surface area (Å²) in [5, 5.41) is 26.6. The van der Waals surface area contributed by atoms with Crippen LogP contribution in [0, 0.1) is 21.1 Å². The van der Waals surface area contributed by atoms with E-state index in [0.29, 0.717) is 25.4 Å². The Hall–Kier alpha value is -3.81. The van der Waals surface area contributed by atoms with Gasteiger partial charge >= 0.3 is 12.0 Å². The summed E-state index contributed by atoms with van der Waals surface area (Å²) in [6.07, 6.45) is 2.22. The van der Waals surface area contributed by atoms with Crippen LogP contribution in [0.5, 0.6) is 0 Å². The van der Waals surface area contributed by atoms with E-state index in [1.54, 1.807) is 12.2 Å². The lowest BCUT2D eigenvalue weighted by atomic mass is 10.2. The number of anilines is 1. The Bertz CT molecular complexity index is 1180. The van der Waals surface area contributed by atoms with Crippen molar-refractivity contribution in [3.63, 3.8) is 0 Å². The predicted octanol–water partition coefficient (Wildman–Crippen LogP) is 2.62. The Morgan fingerprint density at radius 1 is 1.31 bits per heavy atom. The van der Waals surface area contributed by atoms with Gasteiger partial charge in [0.2, 0.25) is 5.91 Å². The molecule has 12 nitrogen and oxygen atoms in total. The lowest BCUT2D eigenvalue weighted by Crippen LogP contribution is -2.57. The maximum atomic E-state index is 15.0. The van der Waals surface area contributed by atoms with Crippen molar-refractivity contribution in [3.05, 3.63) is 63.3 Å². The lowest BCUT2D eigenvalue weighted by Gasteiger charge is -2.47. The first-order chi connectivity index (χ1) is 17.1. The van der Waals surface area contributed by atoms with Gasteiger partial charge in [0.25, 0.3) is 0 Å². The van der Waals surface area contributed by atoms with Crippen LogP contribution < -0.4 is 14.9 Å². The van der Waals surface area contributed by atoms with Crippen LogP contribution in [-0.2, 0) is 9.53 Å². The number of nitrogens with one attached hydrogen (secondary N) is 1. The molecule has 3 heterocycles. The van der Waals surface area contributed by atoms with Crippen LogP contribution in [0.25, 0.3) is 6.08 Å². The second kappa shape index (κ2) is 10.4. The average molecular weight is 503 g/mol. The number of nitro groups is 1. The number of amides is 2. The van der Waals surface area contributed by atoms with Crippen LogP contribution in [0.15, 0.2) is 40.8 Å². The third-order valence-electron chi connectivity index (χ3n) is 6.13. The molecule has 1 aromatic carbocycles. The number of furan rings is 1. The summed E-state index contributed by atoms with van der Waals surface area (Å²) in [6, 6.07) is 6.87. The van der Waals surface area contributed by atoms with E-state index in [1.165, 1.54) is 36.1 Å². The number of halogens is 1. The minimum atomic E-state index is -0.827. The first kappa shape index (κ1) is 25.3. The van der Waals surface area contributed by atoms with Crippen molar-refractivity contribution in [3.8, 4) is 0 Å². The number of cyclic esters (lactones) is 1. The maximum Gasteiger partial charge on any atom is 0.433 e. The van der Waals surface area contributed by atoms with Gasteiger partial charge in [-0.25, -0.2) is 9.18 Å². The number of benzene rings is 1. The van der Waals surface area contributed by atoms with Crippen LogP contribution >= 0.6 is 0 Å². The molecular formula is C23H26FN5O7. The molecule has 2 saturated heterocycles. The topological polar surface area (TPSA) is 141 Å². The number of piperazine rings is 1. The quantitative estimate of drug-likeness (QED) is 0.251. The monoisotopic (exact) mass is 503 g/mol. The molecule has 0 unspecified atom stereocenters. The second-order valence-corrected chi connectivity index (χ2v) is 8.66. The Labute approximate surface area is 205 Å². The second-order valence-electron chi connectivity index (χ2n) is 8.66. The molecule has 0 bridgehead atoms. The molecule has 2 aromatic rings. The number of carbonyl (C=O) groups excluding carboxylic acids is 2. The molecule has 1 N–H and O–H groups in total. The van der Waals surface area contributed by atoms with Gasteiger partial charge in [-0.2, -0.15) is 0 Å². The number of hydrogen-bond donors (Lipinski definition) is 1. The van der Waals surface area contributed by atoms with Crippen molar-refractivity contribution in [1.29, 1.82) is 0 Å². The number of hydroxylamine groups is 2. The Morgan fingerprint density at radius 3 is 2.69 bits per heavy atom. The van der Waals surface area contributed by atoms with E-state index < -0.39 is 27.6 Å². The molecule has 36 heavy (non-hydrogen) atoms. The molecular weight excluding hydrogens is 477 g/mol. The van der Waals surface area contributed by atoms with Crippen LogP contribution in [0.3, 0.4) is 0 Å². The van der Waals surface area contributed by atoms with Crippen molar-refractivity contribution in [2.45, 2.75) is 13.0 Å². The number of quaternary nitrogens is 1. The molecule has 0 spiro atoms. The van der Waals surface area contributed by atoms with Crippen molar-refractivity contribution in [2.24, 2.45) is 0 Å². The smallest absolute Gasteiger partial charge is 0.433 e. The Balaban J connectivity index is 1.33. The zero-order chi connectivity index (χ0) is 25.9. The molecule has 1 atom stereocenters. The van der Waals surface area contributed by atoms with Gasteiger partial charge in [-0.15, -0.1) is 0 Å². The number of nitrogens with zero attached hydrogens (tertiary/aromatic N) is 4. The highest BCUT2D eigenvalue weighted by atomic mass is 19.1. The molecule has 2 amide bonds. The predicted molar refractivity (Wildman–Crippen MR) is 128 cm³/mol. The molecule has 0 radical (unpaired) electrons. The number of hydrogen-bond acceptors (Lipinski definition) is 8. The summed E-state index contributed by atoms with van der Waals surface area (Å²) >= 11 is 0. The standard InChI is InChI=1S/C23H26FN5O7/c1-16(30)25-14-19-15-27(23(31)36-19)17-4-6-21(20(24)13-17)29(34)11-9-26(10-12-29)8-2-3-18-5-7-22(35-18)28(32)33/h2-7,13,19H,8-12,14-15H2,1H3,(H,25,30)/b3-2+/t19-/m0/s1. The first-order valence-electron chi connectivity index (χ1n) is 11.4. The zero-order valence-corrected chi connectivity index (χ0v) is 19.6. The van der Waals surface area contributed by atoms with E-state index in [4.69, 9.17) is 9.15 Å². The lowest BCUT2D eigenvalue weighted by molar-refractivity contribution is -0.402. The fraction of sp³-hybridized carbons (Fsp3) is 0.391. The normalized spacial score (nSPS) is 20.0. The van der Waals surface area contributed by atoms with Gasteiger partial charge in [0, 0.05) is 38.7 Å². The molecule has 4 rings (SSSR count). The van der Waals surface area contributed by atoms with E-state index in [1.807, 2.05) is 4.90 Å². The first-order valence-corrected chi connectivity index (χ1v) is 11.4. The van der Waals surface area contributed by atoms with Gasteiger partial charge in [0.15, 0.2) is 11.5 Å². The van der Waals surface area contributed by atoms with Gasteiger partial charge in [0.05, 0.1) is 37.9 Å². The molecule has 2 fully saturated rings. The summed E-state index contributed by atoms with van der Waals surface area (Å²) in [7, 11) is 0. The van der Waals surface area contributed by atoms with Crippen molar-refractivity contribution < 1.29 is 28.1 Å². The van der Waals surface area contributed by atoms with Crippen LogP contribution in [-0.4, -0.2) is 73.7 Å². The SMILES string of the molecule is CC(=O)NC[C@H]1CN(c2ccc([N+]3([O-])CCN(C/C=C/c4ccc([N+](=O)[O-])o4)CC3)c(F)c2)C(=O)O1. The van der Waals surface area contributed by atoms with E-state index in [2.05, 4.69) is 5.32 Å². The Morgan fingerprint density at radius 2 is 2.06 bits per heavy atom. The highest BCUT2D eigenvalue weighted by Gasteiger charge is 2.34. The largest absolute Gasteiger partial charge is 0.627 e. The third-order valence-corrected chi connectivity index (χ3v) is 6.13. The van der Waals surface area contributed by atoms with Crippen molar-refractivity contribution in [2.75, 3.05) is 50.7 Å². The summed E-state index contributed by atoms with van der Waals surface area (Å²) in [4.78, 5) is 36.6. The van der Waals surface area contributed by atoms with Crippen LogP contribution in [0.2, 0.25) is 0 Å². The van der Waals surface area contributed by atoms with Gasteiger partial charge in [-0.05, 0) is 18.2 Å². The molecule has 2 aliphatic heterocycles. The minimum Gasteiger partial charge on any atom is -0.627 e. The van der Waals surface area contributed by atoms with Gasteiger partial charge in [-0.3, -0.25) is 24.7 Å². The van der Waals surface area contributed by atoms with E-state index in [9.17, 15) is 24.9 Å². The van der Waals surface area contributed by atoms with Gasteiger partial charge in [0.1, 0.15) is 16.8 Å². The summed E-state index contributed by atoms with van der Waals surface area (Å²) in [5.41, 5.74) is 0.277. The highest BCUT2D eigenvalue weighted by Crippen LogP contribution is 2.32. The summed E-state index contributed by atoms with van der Waals surface area (Å²) in [6.45, 7) is 3.31. The van der Waals surface area contributed by atoms with E-state index in [-0.39, 0.29) is 49.3 Å². The summed E-state index contributed by atoms with van der Waals surface area (Å²) in [5.74, 6) is -0.920. The number of carbonyl (C=O) groups is 2. The van der Waals surface area contributed by atoms with E-state index in [0.717, 1.165) is 6.07 Å². The molecule has 192 valence electrons.